The van der Waals surface area contributed by atoms with Gasteiger partial charge in [0.1, 0.15) is 6.04 Å². The number of rotatable bonds is 13. The van der Waals surface area contributed by atoms with E-state index in [1.807, 2.05) is 18.7 Å². The van der Waals surface area contributed by atoms with Gasteiger partial charge < -0.3 is 14.6 Å². The van der Waals surface area contributed by atoms with Crippen LogP contribution >= 0.6 is 0 Å². The van der Waals surface area contributed by atoms with E-state index in [0.29, 0.717) is 13.1 Å². The van der Waals surface area contributed by atoms with Gasteiger partial charge in [0.2, 0.25) is 11.8 Å². The van der Waals surface area contributed by atoms with Crippen LogP contribution in [0.2, 0.25) is 0 Å². The number of hydrogen-bond acceptors (Lipinski definition) is 4. The van der Waals surface area contributed by atoms with E-state index in [2.05, 4.69) is 19.3 Å². The van der Waals surface area contributed by atoms with E-state index >= 15 is 0 Å². The quantitative estimate of drug-likeness (QED) is 0.526. The van der Waals surface area contributed by atoms with Crippen molar-refractivity contribution in [2.45, 2.75) is 65.8 Å². The van der Waals surface area contributed by atoms with Crippen LogP contribution in [0.1, 0.15) is 59.8 Å². The molecule has 23 heavy (non-hydrogen) atoms. The van der Waals surface area contributed by atoms with Gasteiger partial charge in [0, 0.05) is 26.2 Å². The largest absolute Gasteiger partial charge is 0.343 e. The minimum Gasteiger partial charge on any atom is -0.343 e. The second kappa shape index (κ2) is 13.3. The summed E-state index contributed by atoms with van der Waals surface area (Å²) in [7, 11) is 1.47. The predicted molar refractivity (Wildman–Crippen MR) is 92.9 cm³/mol. The number of likely N-dealkylation sites (N-methyl/N-ethyl adjacent to an activating group) is 1. The average Bonchev–Trinajstić information content (AvgIpc) is 2.55. The van der Waals surface area contributed by atoms with Gasteiger partial charge in [-0.3, -0.25) is 9.59 Å². The summed E-state index contributed by atoms with van der Waals surface area (Å²) in [5.74, 6) is -0.0712. The lowest BCUT2D eigenvalue weighted by Crippen LogP contribution is -2.49. The van der Waals surface area contributed by atoms with E-state index in [0.717, 1.165) is 38.8 Å². The molecule has 136 valence electrons. The van der Waals surface area contributed by atoms with Gasteiger partial charge in [-0.1, -0.05) is 26.7 Å². The molecular formula is C17H35N3O3. The third-order valence-electron chi connectivity index (χ3n) is 3.93. The maximum Gasteiger partial charge on any atom is 0.242 e. The SMILES string of the molecule is CCCCN(CCCC)C(=O)CC(NOC)C(=O)N(CC)CC. The molecule has 2 amide bonds. The van der Waals surface area contributed by atoms with Crippen LogP contribution in [-0.2, 0) is 14.4 Å². The lowest BCUT2D eigenvalue weighted by Gasteiger charge is -2.28. The number of carbonyl (C=O) groups excluding carboxylic acids is 2. The van der Waals surface area contributed by atoms with Crippen molar-refractivity contribution in [2.24, 2.45) is 0 Å². The van der Waals surface area contributed by atoms with Gasteiger partial charge in [-0.05, 0) is 26.7 Å². The number of nitrogens with zero attached hydrogens (tertiary/aromatic N) is 2. The Morgan fingerprint density at radius 3 is 1.87 bits per heavy atom. The zero-order valence-corrected chi connectivity index (χ0v) is 15.6. The van der Waals surface area contributed by atoms with Gasteiger partial charge in [-0.25, -0.2) is 0 Å². The Hall–Kier alpha value is -1.14. The molecule has 1 unspecified atom stereocenters. The summed E-state index contributed by atoms with van der Waals surface area (Å²) in [6.07, 6.45) is 4.21. The topological polar surface area (TPSA) is 61.9 Å². The molecule has 0 radical (unpaired) electrons. The lowest BCUT2D eigenvalue weighted by molar-refractivity contribution is -0.142. The standard InChI is InChI=1S/C17H35N3O3/c1-6-10-12-20(13-11-7-2)16(21)14-15(18-23-5)17(22)19(8-3)9-4/h15,18H,6-14H2,1-5H3. The highest BCUT2D eigenvalue weighted by Gasteiger charge is 2.27. The highest BCUT2D eigenvalue weighted by Crippen LogP contribution is 2.07. The van der Waals surface area contributed by atoms with Gasteiger partial charge in [0.05, 0.1) is 13.5 Å². The van der Waals surface area contributed by atoms with Crippen LogP contribution in [0.25, 0.3) is 0 Å². The molecule has 0 aromatic carbocycles. The molecule has 0 aliphatic rings. The molecule has 0 aliphatic carbocycles. The monoisotopic (exact) mass is 329 g/mol. The second-order valence-corrected chi connectivity index (χ2v) is 5.68. The molecule has 0 heterocycles. The molecule has 0 aliphatic heterocycles. The molecule has 0 rings (SSSR count). The van der Waals surface area contributed by atoms with Gasteiger partial charge >= 0.3 is 0 Å². The van der Waals surface area contributed by atoms with Crippen molar-refractivity contribution in [1.82, 2.24) is 15.3 Å². The molecule has 0 saturated carbocycles. The molecule has 0 spiro atoms. The molecule has 0 aromatic heterocycles. The summed E-state index contributed by atoms with van der Waals surface area (Å²) < 4.78 is 0. The highest BCUT2D eigenvalue weighted by atomic mass is 16.6. The molecule has 0 aromatic rings. The molecule has 1 N–H and O–H groups in total. The first-order chi connectivity index (χ1) is 11.0. The third kappa shape index (κ3) is 8.32. The Labute approximate surface area is 141 Å². The number of nitrogens with one attached hydrogen (secondary N) is 1. The molecule has 6 nitrogen and oxygen atoms in total. The Morgan fingerprint density at radius 2 is 1.48 bits per heavy atom. The van der Waals surface area contributed by atoms with E-state index in [9.17, 15) is 9.59 Å². The molecule has 0 fully saturated rings. The molecule has 1 atom stereocenters. The number of unbranched alkanes of at least 4 members (excludes halogenated alkanes) is 2. The zero-order chi connectivity index (χ0) is 17.7. The summed E-state index contributed by atoms with van der Waals surface area (Å²) in [5, 5.41) is 0. The number of hydrogen-bond donors (Lipinski definition) is 1. The molecular weight excluding hydrogens is 294 g/mol. The first kappa shape index (κ1) is 21.9. The van der Waals surface area contributed by atoms with Crippen molar-refractivity contribution >= 4 is 11.8 Å². The Kier molecular flexibility index (Phi) is 12.7. The van der Waals surface area contributed by atoms with E-state index in [1.54, 1.807) is 4.90 Å². The number of amides is 2. The maximum absolute atomic E-state index is 12.6. The molecule has 6 heteroatoms. The lowest BCUT2D eigenvalue weighted by atomic mass is 10.1. The number of hydroxylamine groups is 1. The minimum atomic E-state index is -0.627. The fraction of sp³-hybridized carbons (Fsp3) is 0.882. The minimum absolute atomic E-state index is 0.0157. The smallest absolute Gasteiger partial charge is 0.242 e. The highest BCUT2D eigenvalue weighted by molar-refractivity contribution is 5.88. The van der Waals surface area contributed by atoms with E-state index in [1.165, 1.54) is 7.11 Å². The number of carbonyl (C=O) groups is 2. The van der Waals surface area contributed by atoms with Gasteiger partial charge in [-0.15, -0.1) is 0 Å². The average molecular weight is 329 g/mol. The molecule has 0 bridgehead atoms. The van der Waals surface area contributed by atoms with Crippen molar-refractivity contribution in [2.75, 3.05) is 33.3 Å². The van der Waals surface area contributed by atoms with E-state index in [-0.39, 0.29) is 18.2 Å². The van der Waals surface area contributed by atoms with Crippen LogP contribution in [-0.4, -0.2) is 60.9 Å². The van der Waals surface area contributed by atoms with Crippen molar-refractivity contribution < 1.29 is 14.4 Å². The van der Waals surface area contributed by atoms with Crippen molar-refractivity contribution in [3.63, 3.8) is 0 Å². The Bertz CT molecular complexity index is 325. The van der Waals surface area contributed by atoms with Crippen LogP contribution in [0.3, 0.4) is 0 Å². The van der Waals surface area contributed by atoms with Crippen molar-refractivity contribution in [3.8, 4) is 0 Å². The predicted octanol–water partition coefficient (Wildman–Crippen LogP) is 2.19. The first-order valence-electron chi connectivity index (χ1n) is 8.90. The molecule has 0 saturated heterocycles. The van der Waals surface area contributed by atoms with Crippen molar-refractivity contribution in [3.05, 3.63) is 0 Å². The first-order valence-corrected chi connectivity index (χ1v) is 8.90. The fourth-order valence-corrected chi connectivity index (χ4v) is 2.44. The summed E-state index contributed by atoms with van der Waals surface area (Å²) in [6.45, 7) is 10.9. The zero-order valence-electron chi connectivity index (χ0n) is 15.6. The van der Waals surface area contributed by atoms with Crippen LogP contribution in [0, 0.1) is 0 Å². The normalized spacial score (nSPS) is 12.0. The van der Waals surface area contributed by atoms with E-state index < -0.39 is 6.04 Å². The fourth-order valence-electron chi connectivity index (χ4n) is 2.44. The summed E-state index contributed by atoms with van der Waals surface area (Å²) in [5.41, 5.74) is 2.69. The Morgan fingerprint density at radius 1 is 0.957 bits per heavy atom. The van der Waals surface area contributed by atoms with Gasteiger partial charge in [-0.2, -0.15) is 5.48 Å². The van der Waals surface area contributed by atoms with Crippen LogP contribution < -0.4 is 5.48 Å². The van der Waals surface area contributed by atoms with Crippen molar-refractivity contribution in [1.29, 1.82) is 0 Å². The van der Waals surface area contributed by atoms with Crippen LogP contribution in [0.5, 0.6) is 0 Å². The third-order valence-corrected chi connectivity index (χ3v) is 3.93. The Balaban J connectivity index is 4.85. The van der Waals surface area contributed by atoms with Crippen LogP contribution in [0.15, 0.2) is 0 Å². The maximum atomic E-state index is 12.6. The summed E-state index contributed by atoms with van der Waals surface area (Å²) in [6, 6.07) is -0.627. The van der Waals surface area contributed by atoms with E-state index in [4.69, 9.17) is 4.84 Å². The van der Waals surface area contributed by atoms with Gasteiger partial charge in [0.25, 0.3) is 0 Å². The summed E-state index contributed by atoms with van der Waals surface area (Å²) >= 11 is 0. The second-order valence-electron chi connectivity index (χ2n) is 5.68. The summed E-state index contributed by atoms with van der Waals surface area (Å²) in [4.78, 5) is 33.6. The van der Waals surface area contributed by atoms with Crippen LogP contribution in [0.4, 0.5) is 0 Å². The van der Waals surface area contributed by atoms with Gasteiger partial charge in [0.15, 0.2) is 0 Å².